The number of benzene rings is 4. The Morgan fingerprint density at radius 2 is 1.56 bits per heavy atom. The van der Waals surface area contributed by atoms with Crippen molar-refractivity contribution in [2.45, 2.75) is 45.5 Å². The number of fused-ring (bicyclic) bond motifs is 1. The Bertz CT molecular complexity index is 1830. The van der Waals surface area contributed by atoms with Gasteiger partial charge in [-0.2, -0.15) is 13.2 Å². The molecule has 1 aliphatic rings. The summed E-state index contributed by atoms with van der Waals surface area (Å²) in [5.74, 6) is -2.89. The number of carbonyl (C=O) groups is 3. The number of rotatable bonds is 12. The zero-order valence-corrected chi connectivity index (χ0v) is 28.1. The van der Waals surface area contributed by atoms with E-state index in [1.54, 1.807) is 23.1 Å². The van der Waals surface area contributed by atoms with Crippen LogP contribution in [0.25, 0.3) is 11.1 Å². The normalized spacial score (nSPS) is 16.0. The molecule has 0 aliphatic carbocycles. The van der Waals surface area contributed by atoms with E-state index < -0.39 is 41.4 Å². The summed E-state index contributed by atoms with van der Waals surface area (Å²) in [5, 5.41) is 3.01. The van der Waals surface area contributed by atoms with Crippen molar-refractivity contribution in [3.63, 3.8) is 0 Å². The molecule has 10 heteroatoms. The average molecular weight is 683 g/mol. The van der Waals surface area contributed by atoms with Crippen molar-refractivity contribution in [3.05, 3.63) is 127 Å². The summed E-state index contributed by atoms with van der Waals surface area (Å²) < 4.78 is 39.6. The fourth-order valence-corrected chi connectivity index (χ4v) is 6.49. The number of amides is 3. The molecule has 50 heavy (non-hydrogen) atoms. The lowest BCUT2D eigenvalue weighted by Crippen LogP contribution is -2.54. The Labute approximate surface area is 290 Å². The van der Waals surface area contributed by atoms with Crippen LogP contribution in [0.4, 0.5) is 30.2 Å². The smallest absolute Gasteiger partial charge is 0.369 e. The fraction of sp³-hybridized carbons (Fsp3) is 0.275. The summed E-state index contributed by atoms with van der Waals surface area (Å²) in [4.78, 5) is 44.9. The zero-order chi connectivity index (χ0) is 36.0. The minimum atomic E-state index is -4.44. The van der Waals surface area contributed by atoms with Crippen molar-refractivity contribution < 1.29 is 27.6 Å². The number of nitrogens with zero attached hydrogens (tertiary/aromatic N) is 2. The molecule has 0 aromatic heterocycles. The van der Waals surface area contributed by atoms with Gasteiger partial charge in [-0.3, -0.25) is 14.4 Å². The SMILES string of the molecule is C=CCC(C(N)=O)C(CC(C)C)C(=O)NC1CN(c2ccccc2)c2ccccc2N(Cc2cccc(-c3ccc(C(F)(F)F)cc3)c2)C1=O. The second kappa shape index (κ2) is 15.4. The van der Waals surface area contributed by atoms with Gasteiger partial charge in [-0.25, -0.2) is 0 Å². The van der Waals surface area contributed by atoms with Gasteiger partial charge in [0.2, 0.25) is 11.8 Å². The Balaban J connectivity index is 1.54. The maximum Gasteiger partial charge on any atom is 0.416 e. The molecule has 5 rings (SSSR count). The third-order valence-corrected chi connectivity index (χ3v) is 8.92. The van der Waals surface area contributed by atoms with Crippen molar-refractivity contribution in [1.82, 2.24) is 5.32 Å². The van der Waals surface area contributed by atoms with Crippen LogP contribution in [-0.2, 0) is 27.1 Å². The predicted octanol–water partition coefficient (Wildman–Crippen LogP) is 7.88. The summed E-state index contributed by atoms with van der Waals surface area (Å²) in [7, 11) is 0. The summed E-state index contributed by atoms with van der Waals surface area (Å²) in [6.07, 6.45) is -2.26. The number of nitrogens with two attached hydrogens (primary N) is 1. The second-order valence-corrected chi connectivity index (χ2v) is 13.0. The second-order valence-electron chi connectivity index (χ2n) is 13.0. The Kier molecular flexibility index (Phi) is 11.1. The molecule has 4 aromatic carbocycles. The van der Waals surface area contributed by atoms with Gasteiger partial charge in [-0.1, -0.05) is 80.6 Å². The summed E-state index contributed by atoms with van der Waals surface area (Å²) in [6, 6.07) is 28.3. The highest BCUT2D eigenvalue weighted by Gasteiger charge is 2.39. The number of nitrogens with one attached hydrogen (secondary N) is 1. The van der Waals surface area contributed by atoms with Gasteiger partial charge in [0.25, 0.3) is 5.91 Å². The molecule has 3 N–H and O–H groups in total. The molecule has 0 fully saturated rings. The van der Waals surface area contributed by atoms with Crippen molar-refractivity contribution in [3.8, 4) is 11.1 Å². The van der Waals surface area contributed by atoms with Gasteiger partial charge in [0.1, 0.15) is 6.04 Å². The number of alkyl halides is 3. The van der Waals surface area contributed by atoms with Crippen LogP contribution in [0.1, 0.15) is 37.8 Å². The molecule has 260 valence electrons. The third-order valence-electron chi connectivity index (χ3n) is 8.92. The molecule has 0 spiro atoms. The summed E-state index contributed by atoms with van der Waals surface area (Å²) >= 11 is 0. The van der Waals surface area contributed by atoms with Crippen LogP contribution < -0.4 is 20.9 Å². The van der Waals surface area contributed by atoms with E-state index >= 15 is 0 Å². The molecule has 0 saturated heterocycles. The highest BCUT2D eigenvalue weighted by molar-refractivity contribution is 6.04. The molecule has 1 heterocycles. The van der Waals surface area contributed by atoms with Gasteiger partial charge in [0.05, 0.1) is 41.9 Å². The first-order valence-electron chi connectivity index (χ1n) is 16.6. The number of allylic oxidation sites excluding steroid dienone is 1. The van der Waals surface area contributed by atoms with Gasteiger partial charge in [0, 0.05) is 5.69 Å². The molecular formula is C40H41F3N4O3. The molecule has 3 atom stereocenters. The zero-order valence-electron chi connectivity index (χ0n) is 28.1. The molecule has 7 nitrogen and oxygen atoms in total. The number of hydrogen-bond donors (Lipinski definition) is 2. The standard InChI is InChI=1S/C40H41F3N4O3/c1-4-11-32(37(44)48)33(22-26(2)3)38(49)45-34-25-46(31-14-6-5-7-15-31)35-16-8-9-17-36(35)47(39(34)50)24-27-12-10-13-29(23-27)28-18-20-30(21-19-28)40(41,42)43/h4-10,12-21,23,26,32-34H,1,11,22,24-25H2,2-3H3,(H2,44,48)(H,45,49). The van der Waals surface area contributed by atoms with Crippen LogP contribution in [0.5, 0.6) is 0 Å². The van der Waals surface area contributed by atoms with Gasteiger partial charge in [-0.15, -0.1) is 6.58 Å². The highest BCUT2D eigenvalue weighted by atomic mass is 19.4. The first kappa shape index (κ1) is 35.9. The summed E-state index contributed by atoms with van der Waals surface area (Å²) in [5.41, 5.74) is 9.26. The molecule has 4 aromatic rings. The number of anilines is 3. The number of halogens is 3. The van der Waals surface area contributed by atoms with Crippen molar-refractivity contribution >= 4 is 34.8 Å². The van der Waals surface area contributed by atoms with Crippen LogP contribution in [0, 0.1) is 17.8 Å². The maximum atomic E-state index is 14.7. The molecule has 3 amide bonds. The van der Waals surface area contributed by atoms with E-state index in [0.717, 1.165) is 29.1 Å². The van der Waals surface area contributed by atoms with Crippen LogP contribution in [-0.4, -0.2) is 30.3 Å². The molecule has 0 radical (unpaired) electrons. The molecule has 1 aliphatic heterocycles. The number of para-hydroxylation sites is 3. The lowest BCUT2D eigenvalue weighted by Gasteiger charge is -2.30. The van der Waals surface area contributed by atoms with E-state index in [1.165, 1.54) is 12.1 Å². The Hall–Kier alpha value is -5.38. The lowest BCUT2D eigenvalue weighted by atomic mass is 9.82. The predicted molar refractivity (Wildman–Crippen MR) is 190 cm³/mol. The lowest BCUT2D eigenvalue weighted by molar-refractivity contribution is -0.137. The van der Waals surface area contributed by atoms with E-state index in [0.29, 0.717) is 23.2 Å². The largest absolute Gasteiger partial charge is 0.416 e. The van der Waals surface area contributed by atoms with E-state index in [-0.39, 0.29) is 31.3 Å². The number of carbonyl (C=O) groups excluding carboxylic acids is 3. The molecule has 0 bridgehead atoms. The highest BCUT2D eigenvalue weighted by Crippen LogP contribution is 2.39. The van der Waals surface area contributed by atoms with Crippen LogP contribution in [0.15, 0.2) is 116 Å². The summed E-state index contributed by atoms with van der Waals surface area (Å²) in [6.45, 7) is 7.89. The third kappa shape index (κ3) is 8.25. The molecule has 3 unspecified atom stereocenters. The van der Waals surface area contributed by atoms with Crippen molar-refractivity contribution in [1.29, 1.82) is 0 Å². The monoisotopic (exact) mass is 682 g/mol. The van der Waals surface area contributed by atoms with Crippen LogP contribution in [0.2, 0.25) is 0 Å². The first-order chi connectivity index (χ1) is 23.9. The van der Waals surface area contributed by atoms with E-state index in [2.05, 4.69) is 11.9 Å². The van der Waals surface area contributed by atoms with Gasteiger partial charge in [0.15, 0.2) is 0 Å². The van der Waals surface area contributed by atoms with Gasteiger partial charge in [-0.05, 0) is 77.9 Å². The number of hydrogen-bond acceptors (Lipinski definition) is 4. The first-order valence-corrected chi connectivity index (χ1v) is 16.6. The van der Waals surface area contributed by atoms with E-state index in [4.69, 9.17) is 5.73 Å². The van der Waals surface area contributed by atoms with Crippen LogP contribution >= 0.6 is 0 Å². The van der Waals surface area contributed by atoms with E-state index in [1.807, 2.05) is 85.5 Å². The molecule has 0 saturated carbocycles. The quantitative estimate of drug-likeness (QED) is 0.149. The number of primary amides is 1. The fourth-order valence-electron chi connectivity index (χ4n) is 6.49. The van der Waals surface area contributed by atoms with Crippen molar-refractivity contribution in [2.24, 2.45) is 23.5 Å². The molecular weight excluding hydrogens is 641 g/mol. The van der Waals surface area contributed by atoms with Crippen molar-refractivity contribution in [2.75, 3.05) is 16.3 Å². The van der Waals surface area contributed by atoms with E-state index in [9.17, 15) is 27.6 Å². The minimum Gasteiger partial charge on any atom is -0.369 e. The average Bonchev–Trinajstić information content (AvgIpc) is 3.20. The van der Waals surface area contributed by atoms with Crippen LogP contribution in [0.3, 0.4) is 0 Å². The minimum absolute atomic E-state index is 0.0702. The van der Waals surface area contributed by atoms with Gasteiger partial charge < -0.3 is 20.9 Å². The Morgan fingerprint density at radius 1 is 0.900 bits per heavy atom. The maximum absolute atomic E-state index is 14.7. The Morgan fingerprint density at radius 3 is 2.18 bits per heavy atom. The topological polar surface area (TPSA) is 95.7 Å². The van der Waals surface area contributed by atoms with Gasteiger partial charge >= 0.3 is 6.18 Å².